The molecule has 3 rings (SSSR count). The molecule has 0 aliphatic carbocycles. The molecule has 142 valence electrons. The van der Waals surface area contributed by atoms with Crippen LogP contribution in [-0.4, -0.2) is 18.4 Å². The summed E-state index contributed by atoms with van der Waals surface area (Å²) in [4.78, 5) is 25.0. The van der Waals surface area contributed by atoms with Gasteiger partial charge >= 0.3 is 0 Å². The number of para-hydroxylation sites is 3. The number of amides is 2. The zero-order valence-corrected chi connectivity index (χ0v) is 15.9. The highest BCUT2D eigenvalue weighted by molar-refractivity contribution is 6.10. The van der Waals surface area contributed by atoms with Crippen molar-refractivity contribution in [3.8, 4) is 5.75 Å². The van der Waals surface area contributed by atoms with E-state index in [-0.39, 0.29) is 18.4 Å². The number of benzene rings is 3. The lowest BCUT2D eigenvalue weighted by atomic mass is 10.1. The van der Waals surface area contributed by atoms with Gasteiger partial charge in [-0.1, -0.05) is 48.5 Å². The normalized spacial score (nSPS) is 10.2. The first-order valence-corrected chi connectivity index (χ1v) is 8.99. The minimum atomic E-state index is -0.331. The number of hydrogen-bond donors (Lipinski definition) is 2. The van der Waals surface area contributed by atoms with Crippen LogP contribution >= 0.6 is 0 Å². The van der Waals surface area contributed by atoms with Crippen LogP contribution in [0.25, 0.3) is 0 Å². The van der Waals surface area contributed by atoms with Gasteiger partial charge in [-0.15, -0.1) is 0 Å². The van der Waals surface area contributed by atoms with Gasteiger partial charge in [-0.05, 0) is 49.2 Å². The second kappa shape index (κ2) is 8.86. The Morgan fingerprint density at radius 2 is 1.43 bits per heavy atom. The van der Waals surface area contributed by atoms with Crippen LogP contribution in [0.1, 0.15) is 21.5 Å². The minimum Gasteiger partial charge on any atom is -0.483 e. The van der Waals surface area contributed by atoms with E-state index < -0.39 is 0 Å². The first kappa shape index (κ1) is 19.2. The first-order chi connectivity index (χ1) is 13.5. The molecule has 0 unspecified atom stereocenters. The molecular weight excluding hydrogens is 352 g/mol. The Morgan fingerprint density at radius 3 is 2.14 bits per heavy atom. The van der Waals surface area contributed by atoms with Crippen molar-refractivity contribution in [1.82, 2.24) is 0 Å². The molecule has 2 N–H and O–H groups in total. The number of carbonyl (C=O) groups excluding carboxylic acids is 2. The van der Waals surface area contributed by atoms with Gasteiger partial charge in [0.15, 0.2) is 6.61 Å². The molecule has 0 aliphatic heterocycles. The molecule has 0 saturated carbocycles. The zero-order valence-electron chi connectivity index (χ0n) is 15.9. The highest BCUT2D eigenvalue weighted by Crippen LogP contribution is 2.22. The van der Waals surface area contributed by atoms with Crippen LogP contribution in [0.3, 0.4) is 0 Å². The second-order valence-electron chi connectivity index (χ2n) is 6.42. The molecular formula is C23H22N2O3. The number of hydrogen-bond acceptors (Lipinski definition) is 3. The molecule has 0 spiro atoms. The van der Waals surface area contributed by atoms with E-state index in [1.165, 1.54) is 0 Å². The molecule has 0 saturated heterocycles. The van der Waals surface area contributed by atoms with Crippen LogP contribution in [-0.2, 0) is 4.79 Å². The van der Waals surface area contributed by atoms with Gasteiger partial charge < -0.3 is 15.4 Å². The second-order valence-corrected chi connectivity index (χ2v) is 6.42. The standard InChI is InChI=1S/C23H22N2O3/c1-16-9-8-10-17(2)22(16)28-15-21(26)25-20-14-7-6-13-19(20)23(27)24-18-11-4-3-5-12-18/h3-14H,15H2,1-2H3,(H,24,27)(H,25,26). The predicted molar refractivity (Wildman–Crippen MR) is 111 cm³/mol. The Bertz CT molecular complexity index is 964. The van der Waals surface area contributed by atoms with Crippen molar-refractivity contribution in [1.29, 1.82) is 0 Å². The van der Waals surface area contributed by atoms with Gasteiger partial charge in [-0.2, -0.15) is 0 Å². The quantitative estimate of drug-likeness (QED) is 0.664. The molecule has 0 atom stereocenters. The molecule has 3 aromatic carbocycles. The van der Waals surface area contributed by atoms with Gasteiger partial charge in [0.25, 0.3) is 11.8 Å². The van der Waals surface area contributed by atoms with Gasteiger partial charge in [0.1, 0.15) is 5.75 Å². The van der Waals surface area contributed by atoms with Crippen molar-refractivity contribution in [2.24, 2.45) is 0 Å². The molecule has 0 radical (unpaired) electrons. The van der Waals surface area contributed by atoms with Crippen LogP contribution in [0.4, 0.5) is 11.4 Å². The molecule has 0 aromatic heterocycles. The highest BCUT2D eigenvalue weighted by atomic mass is 16.5. The molecule has 0 bridgehead atoms. The minimum absolute atomic E-state index is 0.139. The summed E-state index contributed by atoms with van der Waals surface area (Å²) in [5.41, 5.74) is 3.44. The average molecular weight is 374 g/mol. The Kier molecular flexibility index (Phi) is 6.07. The Morgan fingerprint density at radius 1 is 0.786 bits per heavy atom. The van der Waals surface area contributed by atoms with Crippen LogP contribution in [0.5, 0.6) is 5.75 Å². The van der Waals surface area contributed by atoms with Crippen molar-refractivity contribution in [2.45, 2.75) is 13.8 Å². The average Bonchev–Trinajstić information content (AvgIpc) is 2.69. The van der Waals surface area contributed by atoms with E-state index in [2.05, 4.69) is 10.6 Å². The molecule has 3 aromatic rings. The maximum absolute atomic E-state index is 12.6. The van der Waals surface area contributed by atoms with Gasteiger partial charge in [-0.3, -0.25) is 9.59 Å². The van der Waals surface area contributed by atoms with Gasteiger partial charge in [-0.25, -0.2) is 0 Å². The Labute approximate surface area is 164 Å². The molecule has 5 nitrogen and oxygen atoms in total. The van der Waals surface area contributed by atoms with E-state index in [0.717, 1.165) is 11.1 Å². The summed E-state index contributed by atoms with van der Waals surface area (Å²) >= 11 is 0. The van der Waals surface area contributed by atoms with Crippen LogP contribution in [0.2, 0.25) is 0 Å². The number of carbonyl (C=O) groups is 2. The van der Waals surface area contributed by atoms with Crippen LogP contribution in [0.15, 0.2) is 72.8 Å². The topological polar surface area (TPSA) is 67.4 Å². The lowest BCUT2D eigenvalue weighted by Gasteiger charge is -2.14. The highest BCUT2D eigenvalue weighted by Gasteiger charge is 2.14. The molecule has 0 aliphatic rings. The number of ether oxygens (including phenoxy) is 1. The lowest BCUT2D eigenvalue weighted by Crippen LogP contribution is -2.23. The van der Waals surface area contributed by atoms with Crippen molar-refractivity contribution >= 4 is 23.2 Å². The van der Waals surface area contributed by atoms with Crippen LogP contribution in [0, 0.1) is 13.8 Å². The Hall–Kier alpha value is -3.60. The molecule has 5 heteroatoms. The summed E-state index contributed by atoms with van der Waals surface area (Å²) in [5.74, 6) is 0.0770. The molecule has 2 amide bonds. The Balaban J connectivity index is 1.67. The predicted octanol–water partition coefficient (Wildman–Crippen LogP) is 4.57. The van der Waals surface area contributed by atoms with E-state index >= 15 is 0 Å². The largest absolute Gasteiger partial charge is 0.483 e. The summed E-state index contributed by atoms with van der Waals surface area (Å²) in [6.07, 6.45) is 0. The monoisotopic (exact) mass is 374 g/mol. The summed E-state index contributed by atoms with van der Waals surface area (Å²) < 4.78 is 5.68. The number of rotatable bonds is 6. The first-order valence-electron chi connectivity index (χ1n) is 8.99. The van der Waals surface area contributed by atoms with Crippen LogP contribution < -0.4 is 15.4 Å². The summed E-state index contributed by atoms with van der Waals surface area (Å²) in [5, 5.41) is 5.58. The van der Waals surface area contributed by atoms with E-state index in [1.54, 1.807) is 36.4 Å². The van der Waals surface area contributed by atoms with Gasteiger partial charge in [0, 0.05) is 5.69 Å². The van der Waals surface area contributed by atoms with E-state index in [0.29, 0.717) is 22.7 Å². The molecule has 0 fully saturated rings. The maximum atomic E-state index is 12.6. The number of anilines is 2. The summed E-state index contributed by atoms with van der Waals surface area (Å²) in [6, 6.07) is 21.9. The smallest absolute Gasteiger partial charge is 0.262 e. The number of nitrogens with one attached hydrogen (secondary N) is 2. The summed E-state index contributed by atoms with van der Waals surface area (Å²) in [7, 11) is 0. The summed E-state index contributed by atoms with van der Waals surface area (Å²) in [6.45, 7) is 3.73. The fraction of sp³-hybridized carbons (Fsp3) is 0.130. The molecule has 0 heterocycles. The SMILES string of the molecule is Cc1cccc(C)c1OCC(=O)Nc1ccccc1C(=O)Nc1ccccc1. The van der Waals surface area contributed by atoms with Crippen molar-refractivity contribution in [3.05, 3.63) is 89.5 Å². The van der Waals surface area contributed by atoms with Crippen molar-refractivity contribution < 1.29 is 14.3 Å². The number of aryl methyl sites for hydroxylation is 2. The zero-order chi connectivity index (χ0) is 19.9. The van der Waals surface area contributed by atoms with Crippen molar-refractivity contribution in [2.75, 3.05) is 17.2 Å². The van der Waals surface area contributed by atoms with Gasteiger partial charge in [0.2, 0.25) is 0 Å². The molecule has 28 heavy (non-hydrogen) atoms. The van der Waals surface area contributed by atoms with E-state index in [9.17, 15) is 9.59 Å². The lowest BCUT2D eigenvalue weighted by molar-refractivity contribution is -0.118. The fourth-order valence-corrected chi connectivity index (χ4v) is 2.86. The third-order valence-electron chi connectivity index (χ3n) is 4.23. The third kappa shape index (κ3) is 4.76. The van der Waals surface area contributed by atoms with E-state index in [4.69, 9.17) is 4.74 Å². The van der Waals surface area contributed by atoms with Gasteiger partial charge in [0.05, 0.1) is 11.3 Å². The third-order valence-corrected chi connectivity index (χ3v) is 4.23. The van der Waals surface area contributed by atoms with Crippen molar-refractivity contribution in [3.63, 3.8) is 0 Å². The maximum Gasteiger partial charge on any atom is 0.262 e. The van der Waals surface area contributed by atoms with E-state index in [1.807, 2.05) is 50.2 Å². The fourth-order valence-electron chi connectivity index (χ4n) is 2.86.